The van der Waals surface area contributed by atoms with E-state index in [0.29, 0.717) is 57.0 Å². The number of nitrogens with zero attached hydrogens (tertiary/aromatic N) is 1. The van der Waals surface area contributed by atoms with E-state index in [2.05, 4.69) is 4.52 Å². The van der Waals surface area contributed by atoms with Crippen molar-refractivity contribution in [2.75, 3.05) is 87.1 Å². The zero-order valence-corrected chi connectivity index (χ0v) is 20.8. The smallest absolute Gasteiger partial charge is 0.391 e. The number of unbranched alkanes of at least 4 members (excludes halogenated alkanes) is 2. The molecule has 0 radical (unpaired) electrons. The van der Waals surface area contributed by atoms with E-state index in [1.165, 1.54) is 7.11 Å². The van der Waals surface area contributed by atoms with Gasteiger partial charge in [-0.25, -0.2) is 4.57 Å². The molecule has 0 aromatic carbocycles. The number of quaternary nitrogens is 1. The van der Waals surface area contributed by atoms with Gasteiger partial charge in [-0.05, 0) is 32.1 Å². The Hall–Kier alpha value is -0.170. The Morgan fingerprint density at radius 3 is 1.88 bits per heavy atom. The van der Waals surface area contributed by atoms with Crippen molar-refractivity contribution in [1.82, 2.24) is 0 Å². The molecule has 194 valence electrons. The Labute approximate surface area is 192 Å². The van der Waals surface area contributed by atoms with Crippen molar-refractivity contribution in [2.24, 2.45) is 0 Å². The second-order valence-electron chi connectivity index (χ2n) is 8.43. The lowest BCUT2D eigenvalue weighted by atomic mass is 10.2. The van der Waals surface area contributed by atoms with E-state index >= 15 is 0 Å². The molecule has 0 bridgehead atoms. The molecule has 0 saturated heterocycles. The van der Waals surface area contributed by atoms with E-state index in [1.54, 1.807) is 0 Å². The van der Waals surface area contributed by atoms with Crippen molar-refractivity contribution < 1.29 is 52.5 Å². The Kier molecular flexibility index (Phi) is 19.1. The number of hydrogen-bond donors (Lipinski definition) is 4. The third-order valence-corrected chi connectivity index (χ3v) is 5.20. The molecule has 0 rings (SSSR count). The number of phosphoric acid groups is 1. The van der Waals surface area contributed by atoms with Crippen LogP contribution in [0.15, 0.2) is 0 Å². The van der Waals surface area contributed by atoms with Gasteiger partial charge in [-0.1, -0.05) is 0 Å². The van der Waals surface area contributed by atoms with Gasteiger partial charge in [0.25, 0.3) is 0 Å². The van der Waals surface area contributed by atoms with Crippen LogP contribution in [0.1, 0.15) is 32.1 Å². The Bertz CT molecular complexity index is 477. The summed E-state index contributed by atoms with van der Waals surface area (Å²) in [6, 6.07) is 0. The van der Waals surface area contributed by atoms with Crippen LogP contribution in [0.25, 0.3) is 0 Å². The van der Waals surface area contributed by atoms with Crippen LogP contribution in [0.4, 0.5) is 0 Å². The van der Waals surface area contributed by atoms with Crippen LogP contribution in [0, 0.1) is 0 Å². The van der Waals surface area contributed by atoms with Crippen LogP contribution in [-0.2, 0) is 28.0 Å². The minimum Gasteiger partial charge on any atom is -0.391 e. The zero-order chi connectivity index (χ0) is 24.3. The Morgan fingerprint density at radius 1 is 0.750 bits per heavy atom. The number of rotatable bonds is 23. The zero-order valence-electron chi connectivity index (χ0n) is 19.9. The monoisotopic (exact) mass is 490 g/mol. The number of hydrogen-bond acceptors (Lipinski definition) is 8. The summed E-state index contributed by atoms with van der Waals surface area (Å²) in [5.41, 5.74) is 0. The SMILES string of the molecule is COCC(O)COCCCCOCC(O)CCCCOCC[N+](C)(C)CCOP(=O)(O)O. The van der Waals surface area contributed by atoms with E-state index in [1.807, 2.05) is 14.1 Å². The van der Waals surface area contributed by atoms with Gasteiger partial charge in [-0.15, -0.1) is 0 Å². The lowest BCUT2D eigenvalue weighted by Gasteiger charge is -2.29. The molecule has 4 N–H and O–H groups in total. The summed E-state index contributed by atoms with van der Waals surface area (Å²) >= 11 is 0. The van der Waals surface area contributed by atoms with Gasteiger partial charge in [0, 0.05) is 26.9 Å². The minimum atomic E-state index is -4.41. The molecule has 0 aliphatic rings. The van der Waals surface area contributed by atoms with Crippen LogP contribution >= 0.6 is 7.82 Å². The van der Waals surface area contributed by atoms with Gasteiger partial charge in [0.05, 0.1) is 46.6 Å². The number of methoxy groups -OCH3 is 1. The third kappa shape index (κ3) is 23.0. The lowest BCUT2D eigenvalue weighted by Crippen LogP contribution is -2.44. The maximum absolute atomic E-state index is 10.7. The highest BCUT2D eigenvalue weighted by atomic mass is 31.2. The van der Waals surface area contributed by atoms with Crippen LogP contribution in [0.5, 0.6) is 0 Å². The maximum atomic E-state index is 10.7. The number of aliphatic hydroxyl groups is 2. The van der Waals surface area contributed by atoms with Gasteiger partial charge in [0.1, 0.15) is 25.8 Å². The lowest BCUT2D eigenvalue weighted by molar-refractivity contribution is -0.890. The molecule has 0 amide bonds. The molecule has 0 aromatic heterocycles. The summed E-state index contributed by atoms with van der Waals surface area (Å²) in [4.78, 5) is 17.4. The molecule has 32 heavy (non-hydrogen) atoms. The fraction of sp³-hybridized carbons (Fsp3) is 1.00. The molecule has 0 aliphatic heterocycles. The summed E-state index contributed by atoms with van der Waals surface area (Å²) in [7, 11) is 1.02. The van der Waals surface area contributed by atoms with Crippen LogP contribution in [-0.4, -0.2) is 124 Å². The minimum absolute atomic E-state index is 0.00989. The van der Waals surface area contributed by atoms with Gasteiger partial charge in [0.15, 0.2) is 0 Å². The summed E-state index contributed by atoms with van der Waals surface area (Å²) in [6.07, 6.45) is 2.94. The highest BCUT2D eigenvalue weighted by Gasteiger charge is 2.19. The average Bonchev–Trinajstić information content (AvgIpc) is 2.68. The number of likely N-dealkylation sites (N-methyl/N-ethyl adjacent to an activating group) is 1. The fourth-order valence-corrected chi connectivity index (χ4v) is 3.01. The maximum Gasteiger partial charge on any atom is 0.469 e. The highest BCUT2D eigenvalue weighted by molar-refractivity contribution is 7.46. The molecular weight excluding hydrogens is 445 g/mol. The molecule has 0 aliphatic carbocycles. The first-order valence-corrected chi connectivity index (χ1v) is 12.7. The summed E-state index contributed by atoms with van der Waals surface area (Å²) < 4.78 is 36.9. The van der Waals surface area contributed by atoms with E-state index in [0.717, 1.165) is 25.7 Å². The molecular formula is C20H45NO10P+. The molecule has 11 nitrogen and oxygen atoms in total. The van der Waals surface area contributed by atoms with Gasteiger partial charge >= 0.3 is 7.82 Å². The third-order valence-electron chi connectivity index (χ3n) is 4.68. The van der Waals surface area contributed by atoms with Crippen LogP contribution in [0.3, 0.4) is 0 Å². The van der Waals surface area contributed by atoms with E-state index in [4.69, 9.17) is 28.7 Å². The Morgan fingerprint density at radius 2 is 1.28 bits per heavy atom. The number of ether oxygens (including phenoxy) is 4. The molecule has 0 fully saturated rings. The van der Waals surface area contributed by atoms with Crippen LogP contribution in [0.2, 0.25) is 0 Å². The van der Waals surface area contributed by atoms with Gasteiger partial charge < -0.3 is 43.4 Å². The first kappa shape index (κ1) is 31.8. The second-order valence-corrected chi connectivity index (χ2v) is 9.67. The molecule has 2 atom stereocenters. The van der Waals surface area contributed by atoms with E-state index in [-0.39, 0.29) is 19.8 Å². The quantitative estimate of drug-likeness (QED) is 0.0910. The predicted octanol–water partition coefficient (Wildman–Crippen LogP) is 0.541. The summed E-state index contributed by atoms with van der Waals surface area (Å²) in [5.74, 6) is 0. The van der Waals surface area contributed by atoms with Crippen molar-refractivity contribution in [3.8, 4) is 0 Å². The molecule has 12 heteroatoms. The first-order chi connectivity index (χ1) is 15.1. The molecule has 2 unspecified atom stereocenters. The normalized spacial score (nSPS) is 14.6. The topological polar surface area (TPSA) is 144 Å². The van der Waals surface area contributed by atoms with Crippen molar-refractivity contribution in [3.63, 3.8) is 0 Å². The molecule has 0 spiro atoms. The number of aliphatic hydroxyl groups excluding tert-OH is 2. The van der Waals surface area contributed by atoms with Gasteiger partial charge in [-0.3, -0.25) is 4.52 Å². The summed E-state index contributed by atoms with van der Waals surface area (Å²) in [5, 5.41) is 19.4. The average molecular weight is 491 g/mol. The standard InChI is InChI=1S/C20H44NO10P/c1-21(2,10-15-31-32(24,25)26)9-14-28-11-5-4-8-19(22)17-29-12-6-7-13-30-18-20(23)16-27-3/h19-20,22-23H,4-18H2,1-3H3,(H-,24,25,26)/p+1. The van der Waals surface area contributed by atoms with E-state index in [9.17, 15) is 14.8 Å². The van der Waals surface area contributed by atoms with Crippen molar-refractivity contribution in [2.45, 2.75) is 44.3 Å². The first-order valence-electron chi connectivity index (χ1n) is 11.2. The molecule has 0 aromatic rings. The van der Waals surface area contributed by atoms with Gasteiger partial charge in [-0.2, -0.15) is 0 Å². The molecule has 0 heterocycles. The fourth-order valence-electron chi connectivity index (χ4n) is 2.69. The Balaban J connectivity index is 3.46. The van der Waals surface area contributed by atoms with Gasteiger partial charge in [0.2, 0.25) is 0 Å². The highest BCUT2D eigenvalue weighted by Crippen LogP contribution is 2.35. The number of phosphoric ester groups is 1. The second kappa shape index (κ2) is 19.2. The van der Waals surface area contributed by atoms with Crippen molar-refractivity contribution >= 4 is 7.82 Å². The van der Waals surface area contributed by atoms with E-state index < -0.39 is 20.0 Å². The largest absolute Gasteiger partial charge is 0.469 e. The molecule has 0 saturated carbocycles. The summed E-state index contributed by atoms with van der Waals surface area (Å²) in [6.45, 7) is 4.30. The van der Waals surface area contributed by atoms with Crippen molar-refractivity contribution in [3.05, 3.63) is 0 Å². The predicted molar refractivity (Wildman–Crippen MR) is 119 cm³/mol. The van der Waals surface area contributed by atoms with Crippen molar-refractivity contribution in [1.29, 1.82) is 0 Å². The van der Waals surface area contributed by atoms with Crippen LogP contribution < -0.4 is 0 Å².